The Kier molecular flexibility index (Phi) is 6.08. The molecule has 21 heavy (non-hydrogen) atoms. The first-order chi connectivity index (χ1) is 9.29. The van der Waals surface area contributed by atoms with E-state index in [4.69, 9.17) is 5.73 Å². The van der Waals surface area contributed by atoms with Gasteiger partial charge in [-0.1, -0.05) is 19.1 Å². The van der Waals surface area contributed by atoms with Gasteiger partial charge in [0.05, 0.1) is 5.56 Å². The molecule has 1 fully saturated rings. The van der Waals surface area contributed by atoms with Gasteiger partial charge in [0, 0.05) is 25.2 Å². The Bertz CT molecular complexity index is 447. The molecule has 0 radical (unpaired) electrons. The fourth-order valence-electron chi connectivity index (χ4n) is 2.71. The topological polar surface area (TPSA) is 29.3 Å². The van der Waals surface area contributed by atoms with Crippen LogP contribution in [-0.4, -0.2) is 24.0 Å². The number of alkyl halides is 3. The van der Waals surface area contributed by atoms with E-state index in [1.165, 1.54) is 0 Å². The van der Waals surface area contributed by atoms with Crippen molar-refractivity contribution in [2.45, 2.75) is 38.5 Å². The molecular formula is C15H22ClF3N2. The third kappa shape index (κ3) is 4.34. The van der Waals surface area contributed by atoms with E-state index in [1.54, 1.807) is 12.1 Å². The van der Waals surface area contributed by atoms with Gasteiger partial charge >= 0.3 is 6.18 Å². The second-order valence-corrected chi connectivity index (χ2v) is 5.72. The maximum atomic E-state index is 12.5. The zero-order valence-corrected chi connectivity index (χ0v) is 13.0. The van der Waals surface area contributed by atoms with Crippen LogP contribution in [0.25, 0.3) is 0 Å². The molecule has 0 spiro atoms. The van der Waals surface area contributed by atoms with Crippen molar-refractivity contribution in [1.29, 1.82) is 0 Å². The number of benzene rings is 1. The van der Waals surface area contributed by atoms with Gasteiger partial charge in [-0.05, 0) is 37.0 Å². The van der Waals surface area contributed by atoms with Crippen molar-refractivity contribution in [3.63, 3.8) is 0 Å². The third-order valence-corrected chi connectivity index (χ3v) is 4.27. The molecule has 1 heterocycles. The Balaban J connectivity index is 0.00000220. The molecule has 120 valence electrons. The quantitative estimate of drug-likeness (QED) is 0.896. The number of likely N-dealkylation sites (tertiary alicyclic amines) is 1. The van der Waals surface area contributed by atoms with Crippen LogP contribution < -0.4 is 5.73 Å². The first-order valence-corrected chi connectivity index (χ1v) is 6.96. The molecule has 3 atom stereocenters. The van der Waals surface area contributed by atoms with E-state index >= 15 is 0 Å². The monoisotopic (exact) mass is 322 g/mol. The largest absolute Gasteiger partial charge is 0.416 e. The zero-order valence-electron chi connectivity index (χ0n) is 12.2. The summed E-state index contributed by atoms with van der Waals surface area (Å²) in [6.45, 7) is 5.94. The Morgan fingerprint density at radius 3 is 2.29 bits per heavy atom. The summed E-state index contributed by atoms with van der Waals surface area (Å²) in [5.41, 5.74) is 6.32. The normalized spacial score (nSPS) is 25.2. The van der Waals surface area contributed by atoms with Crippen molar-refractivity contribution >= 4 is 12.4 Å². The summed E-state index contributed by atoms with van der Waals surface area (Å²) in [5.74, 6) is 0.417. The minimum Gasteiger partial charge on any atom is -0.327 e. The molecule has 0 aromatic heterocycles. The average Bonchev–Trinajstić information content (AvgIpc) is 2.40. The predicted octanol–water partition coefficient (Wildman–Crippen LogP) is 3.86. The molecule has 2 rings (SSSR count). The number of nitrogens with two attached hydrogens (primary N) is 1. The standard InChI is InChI=1S/C15H21F3N2.ClH/c1-10-9-20(8-7-14(10)19)11(2)12-3-5-13(6-4-12)15(16,17)18;/h3-6,10-11,14H,7-9,19H2,1-2H3;1H. The van der Waals surface area contributed by atoms with E-state index in [9.17, 15) is 13.2 Å². The van der Waals surface area contributed by atoms with Crippen LogP contribution in [-0.2, 0) is 6.18 Å². The molecule has 0 amide bonds. The number of nitrogens with zero attached hydrogens (tertiary/aromatic N) is 1. The lowest BCUT2D eigenvalue weighted by atomic mass is 9.92. The molecule has 0 saturated carbocycles. The van der Waals surface area contributed by atoms with Gasteiger partial charge in [0.15, 0.2) is 0 Å². The van der Waals surface area contributed by atoms with Crippen LogP contribution in [0.3, 0.4) is 0 Å². The summed E-state index contributed by atoms with van der Waals surface area (Å²) in [5, 5.41) is 0. The SMILES string of the molecule is CC1CN(C(C)c2ccc(C(F)(F)F)cc2)CCC1N.Cl. The Morgan fingerprint density at radius 2 is 1.81 bits per heavy atom. The van der Waals surface area contributed by atoms with Crippen molar-refractivity contribution in [3.05, 3.63) is 35.4 Å². The zero-order chi connectivity index (χ0) is 14.9. The van der Waals surface area contributed by atoms with E-state index in [0.29, 0.717) is 5.92 Å². The van der Waals surface area contributed by atoms with Crippen LogP contribution >= 0.6 is 12.4 Å². The molecule has 3 unspecified atom stereocenters. The number of rotatable bonds is 2. The molecule has 1 aliphatic heterocycles. The van der Waals surface area contributed by atoms with Crippen LogP contribution in [0.5, 0.6) is 0 Å². The summed E-state index contributed by atoms with van der Waals surface area (Å²) in [6, 6.07) is 5.81. The van der Waals surface area contributed by atoms with Gasteiger partial charge in [-0.15, -0.1) is 12.4 Å². The van der Waals surface area contributed by atoms with Crippen molar-refractivity contribution in [2.75, 3.05) is 13.1 Å². The molecule has 2 N–H and O–H groups in total. The molecule has 1 saturated heterocycles. The van der Waals surface area contributed by atoms with E-state index in [0.717, 1.165) is 37.2 Å². The Labute approximate surface area is 129 Å². The fourth-order valence-corrected chi connectivity index (χ4v) is 2.71. The highest BCUT2D eigenvalue weighted by Crippen LogP contribution is 2.31. The van der Waals surface area contributed by atoms with Crippen LogP contribution in [0, 0.1) is 5.92 Å². The van der Waals surface area contributed by atoms with Gasteiger partial charge in [0.2, 0.25) is 0 Å². The Morgan fingerprint density at radius 1 is 1.24 bits per heavy atom. The van der Waals surface area contributed by atoms with Crippen molar-refractivity contribution < 1.29 is 13.2 Å². The summed E-state index contributed by atoms with van der Waals surface area (Å²) < 4.78 is 37.6. The molecule has 1 aromatic rings. The van der Waals surface area contributed by atoms with Gasteiger partial charge in [-0.2, -0.15) is 13.2 Å². The lowest BCUT2D eigenvalue weighted by Gasteiger charge is -2.39. The summed E-state index contributed by atoms with van der Waals surface area (Å²) in [7, 11) is 0. The van der Waals surface area contributed by atoms with Gasteiger partial charge in [-0.3, -0.25) is 4.90 Å². The van der Waals surface area contributed by atoms with Gasteiger partial charge in [0.1, 0.15) is 0 Å². The van der Waals surface area contributed by atoms with Gasteiger partial charge in [-0.25, -0.2) is 0 Å². The second kappa shape index (κ2) is 6.99. The highest BCUT2D eigenvalue weighted by Gasteiger charge is 2.31. The molecule has 1 aliphatic rings. The first kappa shape index (κ1) is 18.3. The van der Waals surface area contributed by atoms with Crippen molar-refractivity contribution in [3.8, 4) is 0 Å². The van der Waals surface area contributed by atoms with Crippen molar-refractivity contribution in [1.82, 2.24) is 4.90 Å². The number of hydrogen-bond acceptors (Lipinski definition) is 2. The van der Waals surface area contributed by atoms with E-state index in [1.807, 2.05) is 6.92 Å². The highest BCUT2D eigenvalue weighted by atomic mass is 35.5. The molecule has 6 heteroatoms. The minimum absolute atomic E-state index is 0. The fraction of sp³-hybridized carbons (Fsp3) is 0.600. The smallest absolute Gasteiger partial charge is 0.327 e. The summed E-state index contributed by atoms with van der Waals surface area (Å²) >= 11 is 0. The van der Waals surface area contributed by atoms with Crippen LogP contribution in [0.4, 0.5) is 13.2 Å². The molecular weight excluding hydrogens is 301 g/mol. The maximum Gasteiger partial charge on any atom is 0.416 e. The van der Waals surface area contributed by atoms with Gasteiger partial charge in [0.25, 0.3) is 0 Å². The molecule has 2 nitrogen and oxygen atoms in total. The number of hydrogen-bond donors (Lipinski definition) is 1. The van der Waals surface area contributed by atoms with Crippen LogP contribution in [0.2, 0.25) is 0 Å². The second-order valence-electron chi connectivity index (χ2n) is 5.72. The maximum absolute atomic E-state index is 12.5. The highest BCUT2D eigenvalue weighted by molar-refractivity contribution is 5.85. The van der Waals surface area contributed by atoms with E-state index < -0.39 is 11.7 Å². The molecule has 0 bridgehead atoms. The van der Waals surface area contributed by atoms with Crippen LogP contribution in [0.15, 0.2) is 24.3 Å². The lowest BCUT2D eigenvalue weighted by Crippen LogP contribution is -2.46. The number of piperidine rings is 1. The summed E-state index contributed by atoms with van der Waals surface area (Å²) in [4.78, 5) is 2.29. The lowest BCUT2D eigenvalue weighted by molar-refractivity contribution is -0.137. The average molecular weight is 323 g/mol. The molecule has 0 aliphatic carbocycles. The van der Waals surface area contributed by atoms with E-state index in [-0.39, 0.29) is 24.5 Å². The van der Waals surface area contributed by atoms with Gasteiger partial charge < -0.3 is 5.73 Å². The summed E-state index contributed by atoms with van der Waals surface area (Å²) in [6.07, 6.45) is -3.33. The first-order valence-electron chi connectivity index (χ1n) is 6.96. The Hall–Kier alpha value is -0.780. The van der Waals surface area contributed by atoms with Crippen LogP contribution in [0.1, 0.15) is 37.4 Å². The van der Waals surface area contributed by atoms with Crippen molar-refractivity contribution in [2.24, 2.45) is 11.7 Å². The minimum atomic E-state index is -4.27. The predicted molar refractivity (Wildman–Crippen MR) is 80.4 cm³/mol. The van der Waals surface area contributed by atoms with E-state index in [2.05, 4.69) is 11.8 Å². The third-order valence-electron chi connectivity index (χ3n) is 4.27. The molecule has 1 aromatic carbocycles. The number of halogens is 4.